The molecule has 1 aliphatic rings. The zero-order valence-corrected chi connectivity index (χ0v) is 17.0. The Labute approximate surface area is 165 Å². The Kier molecular flexibility index (Phi) is 5.79. The van der Waals surface area contributed by atoms with Crippen molar-refractivity contribution in [3.8, 4) is 0 Å². The Morgan fingerprint density at radius 3 is 2.64 bits per heavy atom. The van der Waals surface area contributed by atoms with Gasteiger partial charge in [-0.2, -0.15) is 0 Å². The fourth-order valence-corrected chi connectivity index (χ4v) is 4.38. The Morgan fingerprint density at radius 1 is 1.21 bits per heavy atom. The Morgan fingerprint density at radius 2 is 1.96 bits per heavy atom. The van der Waals surface area contributed by atoms with Crippen LogP contribution in [-0.2, 0) is 21.4 Å². The number of likely N-dealkylation sites (N-methyl/N-ethyl adjacent to an activating group) is 1. The summed E-state index contributed by atoms with van der Waals surface area (Å²) in [7, 11) is -1.92. The van der Waals surface area contributed by atoms with Crippen LogP contribution in [0.3, 0.4) is 0 Å². The summed E-state index contributed by atoms with van der Waals surface area (Å²) in [5.74, 6) is 0.288. The average Bonchev–Trinajstić information content (AvgIpc) is 2.91. The van der Waals surface area contributed by atoms with E-state index >= 15 is 0 Å². The number of nitrogens with one attached hydrogen (secondary N) is 1. The highest BCUT2D eigenvalue weighted by Gasteiger charge is 2.32. The van der Waals surface area contributed by atoms with Crippen molar-refractivity contribution >= 4 is 21.8 Å². The van der Waals surface area contributed by atoms with Gasteiger partial charge in [0.15, 0.2) is 0 Å². The summed E-state index contributed by atoms with van der Waals surface area (Å²) in [5, 5.41) is 0. The van der Waals surface area contributed by atoms with Crippen LogP contribution in [-0.4, -0.2) is 43.1 Å². The molecule has 1 amide bonds. The van der Waals surface area contributed by atoms with Crippen LogP contribution in [0.5, 0.6) is 0 Å². The number of carbonyl (C=O) groups excluding carboxylic acids is 1. The highest BCUT2D eigenvalue weighted by Crippen LogP contribution is 2.24. The molecule has 2 aromatic rings. The lowest BCUT2D eigenvalue weighted by Gasteiger charge is -2.23. The van der Waals surface area contributed by atoms with Crippen LogP contribution in [0.2, 0.25) is 0 Å². The minimum Gasteiger partial charge on any atom is -0.340 e. The fraction of sp³-hybridized carbons (Fsp3) is 0.350. The molecule has 1 atom stereocenters. The van der Waals surface area contributed by atoms with Crippen LogP contribution in [0.25, 0.3) is 0 Å². The molecule has 28 heavy (non-hydrogen) atoms. The molecular weight excluding hydrogens is 376 g/mol. The topological polar surface area (TPSA) is 91.7 Å². The second kappa shape index (κ2) is 8.10. The summed E-state index contributed by atoms with van der Waals surface area (Å²) >= 11 is 0. The van der Waals surface area contributed by atoms with Gasteiger partial charge in [0.05, 0.1) is 4.90 Å². The molecule has 0 saturated heterocycles. The number of carbonyl (C=O) groups is 1. The van der Waals surface area contributed by atoms with E-state index in [0.717, 1.165) is 5.56 Å². The summed E-state index contributed by atoms with van der Waals surface area (Å²) < 4.78 is 27.1. The predicted molar refractivity (Wildman–Crippen MR) is 107 cm³/mol. The third-order valence-corrected chi connectivity index (χ3v) is 5.84. The molecule has 0 saturated carbocycles. The Balaban J connectivity index is 1.89. The number of aromatic nitrogens is 1. The molecule has 1 unspecified atom stereocenters. The smallest absolute Gasteiger partial charge is 0.263 e. The average molecular weight is 401 g/mol. The van der Waals surface area contributed by atoms with Crippen molar-refractivity contribution in [2.45, 2.75) is 37.8 Å². The maximum Gasteiger partial charge on any atom is 0.263 e. The minimum absolute atomic E-state index is 0.159. The first-order valence-corrected chi connectivity index (χ1v) is 10.6. The highest BCUT2D eigenvalue weighted by atomic mass is 32.2. The first-order chi connectivity index (χ1) is 13.3. The molecule has 8 heteroatoms. The van der Waals surface area contributed by atoms with Crippen LogP contribution >= 0.6 is 0 Å². The SMILES string of the molecule is CC(C)CC(N=C1NS(=O)(=O)c2ccccc21)C(=O)N(C)Cc1cccnc1. The van der Waals surface area contributed by atoms with Crippen molar-refractivity contribution in [1.29, 1.82) is 0 Å². The predicted octanol–water partition coefficient (Wildman–Crippen LogP) is 2.19. The molecule has 1 aromatic carbocycles. The largest absolute Gasteiger partial charge is 0.340 e. The van der Waals surface area contributed by atoms with Crippen LogP contribution in [0, 0.1) is 5.92 Å². The van der Waals surface area contributed by atoms with E-state index in [-0.39, 0.29) is 22.6 Å². The lowest BCUT2D eigenvalue weighted by molar-refractivity contribution is -0.132. The van der Waals surface area contributed by atoms with Gasteiger partial charge in [0, 0.05) is 31.5 Å². The molecule has 3 rings (SSSR count). The van der Waals surface area contributed by atoms with E-state index in [1.54, 1.807) is 42.5 Å². The first-order valence-electron chi connectivity index (χ1n) is 9.12. The van der Waals surface area contributed by atoms with Gasteiger partial charge in [-0.3, -0.25) is 19.5 Å². The van der Waals surface area contributed by atoms with Gasteiger partial charge < -0.3 is 4.90 Å². The highest BCUT2D eigenvalue weighted by molar-refractivity contribution is 7.90. The molecule has 2 heterocycles. The van der Waals surface area contributed by atoms with E-state index < -0.39 is 16.1 Å². The molecule has 1 aliphatic heterocycles. The summed E-state index contributed by atoms with van der Waals surface area (Å²) in [6.07, 6.45) is 3.92. The van der Waals surface area contributed by atoms with E-state index in [1.807, 2.05) is 26.0 Å². The molecule has 1 N–H and O–H groups in total. The normalized spacial score (nSPS) is 17.2. The van der Waals surface area contributed by atoms with E-state index in [4.69, 9.17) is 0 Å². The molecular formula is C20H24N4O3S. The first kappa shape index (κ1) is 20.0. The number of benzene rings is 1. The van der Waals surface area contributed by atoms with E-state index in [9.17, 15) is 13.2 Å². The Hall–Kier alpha value is -2.74. The molecule has 7 nitrogen and oxygen atoms in total. The zero-order valence-electron chi connectivity index (χ0n) is 16.2. The third-order valence-electron chi connectivity index (χ3n) is 4.45. The molecule has 0 aliphatic carbocycles. The van der Waals surface area contributed by atoms with Crippen LogP contribution in [0.4, 0.5) is 0 Å². The molecule has 0 radical (unpaired) electrons. The number of fused-ring (bicyclic) bond motifs is 1. The quantitative estimate of drug-likeness (QED) is 0.805. The van der Waals surface area contributed by atoms with Crippen LogP contribution in [0.1, 0.15) is 31.4 Å². The van der Waals surface area contributed by atoms with E-state index in [2.05, 4.69) is 14.7 Å². The Bertz CT molecular complexity index is 988. The monoisotopic (exact) mass is 400 g/mol. The number of amides is 1. The molecule has 1 aromatic heterocycles. The lowest BCUT2D eigenvalue weighted by atomic mass is 10.0. The third kappa shape index (κ3) is 4.39. The maximum absolute atomic E-state index is 13.1. The molecule has 148 valence electrons. The lowest BCUT2D eigenvalue weighted by Crippen LogP contribution is -2.37. The van der Waals surface area contributed by atoms with Gasteiger partial charge in [0.2, 0.25) is 5.91 Å². The van der Waals surface area contributed by atoms with Crippen molar-refractivity contribution in [3.63, 3.8) is 0 Å². The number of rotatable bonds is 6. The van der Waals surface area contributed by atoms with Gasteiger partial charge in [0.25, 0.3) is 10.0 Å². The number of nitrogens with zero attached hydrogens (tertiary/aromatic N) is 3. The van der Waals surface area contributed by atoms with Crippen molar-refractivity contribution in [2.75, 3.05) is 7.05 Å². The van der Waals surface area contributed by atoms with Crippen molar-refractivity contribution in [3.05, 3.63) is 59.9 Å². The van der Waals surface area contributed by atoms with Gasteiger partial charge in [-0.1, -0.05) is 32.0 Å². The fourth-order valence-electron chi connectivity index (χ4n) is 3.14. The number of sulfonamides is 1. The molecule has 0 fully saturated rings. The summed E-state index contributed by atoms with van der Waals surface area (Å²) in [4.78, 5) is 23.5. The molecule has 0 bridgehead atoms. The second-order valence-electron chi connectivity index (χ2n) is 7.28. The number of aliphatic imine (C=N–C) groups is 1. The second-order valence-corrected chi connectivity index (χ2v) is 8.93. The van der Waals surface area contributed by atoms with Gasteiger partial charge in [-0.15, -0.1) is 0 Å². The van der Waals surface area contributed by atoms with Crippen molar-refractivity contribution in [1.82, 2.24) is 14.6 Å². The van der Waals surface area contributed by atoms with Gasteiger partial charge >= 0.3 is 0 Å². The van der Waals surface area contributed by atoms with E-state index in [0.29, 0.717) is 18.5 Å². The standard InChI is InChI=1S/C20H24N4O3S/c1-14(2)11-17(20(25)24(3)13-15-7-6-10-21-12-15)22-19-16-8-4-5-9-18(16)28(26,27)23-19/h4-10,12,14,17H,11,13H2,1-3H3,(H,22,23). The van der Waals surface area contributed by atoms with Gasteiger partial charge in [-0.25, -0.2) is 8.42 Å². The van der Waals surface area contributed by atoms with Crippen molar-refractivity contribution in [2.24, 2.45) is 10.9 Å². The number of pyridine rings is 1. The number of hydrogen-bond donors (Lipinski definition) is 1. The minimum atomic E-state index is -3.64. The van der Waals surface area contributed by atoms with Gasteiger partial charge in [0.1, 0.15) is 11.9 Å². The maximum atomic E-state index is 13.1. The number of hydrogen-bond acceptors (Lipinski definition) is 5. The summed E-state index contributed by atoms with van der Waals surface area (Å²) in [5.41, 5.74) is 1.42. The summed E-state index contributed by atoms with van der Waals surface area (Å²) in [6, 6.07) is 9.70. The zero-order chi connectivity index (χ0) is 20.3. The van der Waals surface area contributed by atoms with Crippen molar-refractivity contribution < 1.29 is 13.2 Å². The number of amidine groups is 1. The molecule has 0 spiro atoms. The summed E-state index contributed by atoms with van der Waals surface area (Å²) in [6.45, 7) is 4.43. The van der Waals surface area contributed by atoms with Crippen LogP contribution in [0.15, 0.2) is 58.7 Å². The van der Waals surface area contributed by atoms with Crippen LogP contribution < -0.4 is 4.72 Å². The van der Waals surface area contributed by atoms with E-state index in [1.165, 1.54) is 6.07 Å². The van der Waals surface area contributed by atoms with Gasteiger partial charge in [-0.05, 0) is 36.1 Å².